The minimum Gasteiger partial charge on any atom is -0.495 e. The largest absolute Gasteiger partial charge is 0.495 e. The van der Waals surface area contributed by atoms with E-state index in [0.29, 0.717) is 23.3 Å². The summed E-state index contributed by atoms with van der Waals surface area (Å²) in [4.78, 5) is 4.02. The number of hydrogen-bond acceptors (Lipinski definition) is 3. The van der Waals surface area contributed by atoms with Gasteiger partial charge in [-0.2, -0.15) is 0 Å². The predicted molar refractivity (Wildman–Crippen MR) is 51.8 cm³/mol. The maximum Gasteiger partial charge on any atom is 0.168 e. The van der Waals surface area contributed by atoms with Crippen LogP contribution in [0.1, 0.15) is 18.3 Å². The molecule has 0 aromatic carbocycles. The normalized spacial score (nSPS) is 17.8. The van der Waals surface area contributed by atoms with Crippen molar-refractivity contribution >= 4 is 11.6 Å². The summed E-state index contributed by atoms with van der Waals surface area (Å²) in [5.41, 5.74) is 0. The van der Waals surface area contributed by atoms with Crippen molar-refractivity contribution in [1.29, 1.82) is 0 Å². The number of halogens is 1. The van der Waals surface area contributed by atoms with Gasteiger partial charge in [0.25, 0.3) is 0 Å². The third kappa shape index (κ3) is 1.51. The van der Waals surface area contributed by atoms with Crippen molar-refractivity contribution in [3.63, 3.8) is 0 Å². The van der Waals surface area contributed by atoms with E-state index in [0.717, 1.165) is 6.42 Å². The zero-order valence-corrected chi connectivity index (χ0v) is 8.53. The van der Waals surface area contributed by atoms with Crippen molar-refractivity contribution in [3.05, 3.63) is 29.0 Å². The molecule has 1 N–H and O–H groups in total. The molecule has 1 aromatic rings. The van der Waals surface area contributed by atoms with Gasteiger partial charge in [0, 0.05) is 13.5 Å². The molecule has 0 amide bonds. The maximum atomic E-state index is 9.88. The van der Waals surface area contributed by atoms with Crippen molar-refractivity contribution in [2.24, 2.45) is 7.05 Å². The van der Waals surface area contributed by atoms with Crippen molar-refractivity contribution in [1.82, 2.24) is 9.55 Å². The zero-order chi connectivity index (χ0) is 10.1. The topological polar surface area (TPSA) is 47.3 Å². The Morgan fingerprint density at radius 2 is 2.50 bits per heavy atom. The molecule has 0 radical (unpaired) electrons. The SMILES string of the molecule is Cn1c(Cl)cnc1C(O)C1=CCCO1. The average molecular weight is 215 g/mol. The molecule has 76 valence electrons. The van der Waals surface area contributed by atoms with E-state index in [1.165, 1.54) is 6.20 Å². The van der Waals surface area contributed by atoms with Crippen LogP contribution < -0.4 is 0 Å². The lowest BCUT2D eigenvalue weighted by Crippen LogP contribution is -2.08. The summed E-state index contributed by atoms with van der Waals surface area (Å²) >= 11 is 5.81. The van der Waals surface area contributed by atoms with Crippen molar-refractivity contribution in [2.75, 3.05) is 6.61 Å². The fraction of sp³-hybridized carbons (Fsp3) is 0.444. The number of aliphatic hydroxyl groups excluding tert-OH is 1. The second-order valence-electron chi connectivity index (χ2n) is 3.14. The Morgan fingerprint density at radius 1 is 1.71 bits per heavy atom. The molecule has 1 unspecified atom stereocenters. The Morgan fingerprint density at radius 3 is 3.00 bits per heavy atom. The molecule has 0 bridgehead atoms. The molecule has 2 heterocycles. The Hall–Kier alpha value is -1.00. The third-order valence-corrected chi connectivity index (χ3v) is 2.56. The molecule has 0 saturated carbocycles. The number of nitrogens with zero attached hydrogens (tertiary/aromatic N) is 2. The lowest BCUT2D eigenvalue weighted by atomic mass is 10.2. The summed E-state index contributed by atoms with van der Waals surface area (Å²) in [6, 6.07) is 0. The number of imidazole rings is 1. The first-order valence-electron chi connectivity index (χ1n) is 4.38. The molecule has 0 saturated heterocycles. The van der Waals surface area contributed by atoms with Gasteiger partial charge in [0.05, 0.1) is 12.8 Å². The van der Waals surface area contributed by atoms with Crippen LogP contribution in [0.25, 0.3) is 0 Å². The van der Waals surface area contributed by atoms with E-state index in [2.05, 4.69) is 4.98 Å². The highest BCUT2D eigenvalue weighted by atomic mass is 35.5. The van der Waals surface area contributed by atoms with Gasteiger partial charge in [-0.15, -0.1) is 0 Å². The Kier molecular flexibility index (Phi) is 2.48. The molecule has 0 fully saturated rings. The maximum absolute atomic E-state index is 9.88. The molecular formula is C9H11ClN2O2. The van der Waals surface area contributed by atoms with Crippen LogP contribution in [0.3, 0.4) is 0 Å². The summed E-state index contributed by atoms with van der Waals surface area (Å²) in [6.45, 7) is 0.630. The summed E-state index contributed by atoms with van der Waals surface area (Å²) in [6.07, 6.45) is 3.41. The standard InChI is InChI=1S/C9H11ClN2O2/c1-12-7(10)5-11-9(12)8(13)6-3-2-4-14-6/h3,5,8,13H,2,4H2,1H3. The number of hydrogen-bond donors (Lipinski definition) is 1. The molecule has 5 heteroatoms. The molecule has 2 rings (SSSR count). The summed E-state index contributed by atoms with van der Waals surface area (Å²) in [5, 5.41) is 10.4. The highest BCUT2D eigenvalue weighted by molar-refractivity contribution is 6.29. The van der Waals surface area contributed by atoms with Gasteiger partial charge in [0.2, 0.25) is 0 Å². The van der Waals surface area contributed by atoms with Gasteiger partial charge in [-0.1, -0.05) is 11.6 Å². The van der Waals surface area contributed by atoms with E-state index >= 15 is 0 Å². The summed E-state index contributed by atoms with van der Waals surface area (Å²) in [7, 11) is 1.75. The zero-order valence-electron chi connectivity index (χ0n) is 7.77. The minimum absolute atomic E-state index is 0.498. The second-order valence-corrected chi connectivity index (χ2v) is 3.53. The lowest BCUT2D eigenvalue weighted by Gasteiger charge is -2.11. The summed E-state index contributed by atoms with van der Waals surface area (Å²) < 4.78 is 6.88. The smallest absolute Gasteiger partial charge is 0.168 e. The van der Waals surface area contributed by atoms with E-state index in [9.17, 15) is 5.11 Å². The monoisotopic (exact) mass is 214 g/mol. The minimum atomic E-state index is -0.810. The second kappa shape index (κ2) is 3.63. The van der Waals surface area contributed by atoms with Gasteiger partial charge < -0.3 is 14.4 Å². The van der Waals surface area contributed by atoms with Crippen LogP contribution in [-0.4, -0.2) is 21.3 Å². The van der Waals surface area contributed by atoms with Crippen LogP contribution in [0, 0.1) is 0 Å². The van der Waals surface area contributed by atoms with E-state index in [-0.39, 0.29) is 0 Å². The fourth-order valence-electron chi connectivity index (χ4n) is 1.41. The van der Waals surface area contributed by atoms with E-state index in [4.69, 9.17) is 16.3 Å². The first-order valence-corrected chi connectivity index (χ1v) is 4.76. The van der Waals surface area contributed by atoms with Crippen LogP contribution in [0.2, 0.25) is 5.15 Å². The van der Waals surface area contributed by atoms with Crippen molar-refractivity contribution in [2.45, 2.75) is 12.5 Å². The number of aliphatic hydroxyl groups is 1. The molecule has 14 heavy (non-hydrogen) atoms. The quantitative estimate of drug-likeness (QED) is 0.810. The van der Waals surface area contributed by atoms with Crippen molar-refractivity contribution < 1.29 is 9.84 Å². The number of rotatable bonds is 2. The lowest BCUT2D eigenvalue weighted by molar-refractivity contribution is 0.111. The average Bonchev–Trinajstić information content (AvgIpc) is 2.77. The van der Waals surface area contributed by atoms with E-state index in [1.807, 2.05) is 6.08 Å². The van der Waals surface area contributed by atoms with Gasteiger partial charge in [-0.25, -0.2) is 4.98 Å². The first-order chi connectivity index (χ1) is 6.70. The van der Waals surface area contributed by atoms with Crippen LogP contribution in [0.15, 0.2) is 18.0 Å². The molecular weight excluding hydrogens is 204 g/mol. The Balaban J connectivity index is 2.26. The molecule has 0 aliphatic carbocycles. The molecule has 1 aliphatic heterocycles. The third-order valence-electron chi connectivity index (χ3n) is 2.21. The van der Waals surface area contributed by atoms with Crippen LogP contribution in [0.5, 0.6) is 0 Å². The van der Waals surface area contributed by atoms with Gasteiger partial charge in [0.1, 0.15) is 16.7 Å². The van der Waals surface area contributed by atoms with Crippen LogP contribution in [-0.2, 0) is 11.8 Å². The predicted octanol–water partition coefficient (Wildman–Crippen LogP) is 1.41. The summed E-state index contributed by atoms with van der Waals surface area (Å²) in [5.74, 6) is 1.07. The van der Waals surface area contributed by atoms with Crippen LogP contribution in [0.4, 0.5) is 0 Å². The highest BCUT2D eigenvalue weighted by Crippen LogP contribution is 2.26. The molecule has 4 nitrogen and oxygen atoms in total. The molecule has 0 spiro atoms. The highest BCUT2D eigenvalue weighted by Gasteiger charge is 2.22. The van der Waals surface area contributed by atoms with E-state index in [1.54, 1.807) is 11.6 Å². The van der Waals surface area contributed by atoms with Gasteiger partial charge >= 0.3 is 0 Å². The Bertz CT molecular complexity index is 373. The van der Waals surface area contributed by atoms with E-state index < -0.39 is 6.10 Å². The van der Waals surface area contributed by atoms with Gasteiger partial charge in [-0.3, -0.25) is 0 Å². The number of aromatic nitrogens is 2. The number of ether oxygens (including phenoxy) is 1. The van der Waals surface area contributed by atoms with Gasteiger partial charge in [-0.05, 0) is 6.08 Å². The van der Waals surface area contributed by atoms with Crippen LogP contribution >= 0.6 is 11.6 Å². The van der Waals surface area contributed by atoms with Crippen molar-refractivity contribution in [3.8, 4) is 0 Å². The first kappa shape index (κ1) is 9.55. The van der Waals surface area contributed by atoms with Gasteiger partial charge in [0.15, 0.2) is 6.10 Å². The fourth-order valence-corrected chi connectivity index (χ4v) is 1.55. The molecule has 1 aromatic heterocycles. The molecule has 1 aliphatic rings. The Labute approximate surface area is 86.8 Å². The molecule has 1 atom stereocenters.